The molecule has 2 heterocycles. The third-order valence-electron chi connectivity index (χ3n) is 5.11. The van der Waals surface area contributed by atoms with Crippen molar-refractivity contribution in [3.05, 3.63) is 35.9 Å². The van der Waals surface area contributed by atoms with Gasteiger partial charge >= 0.3 is 5.97 Å². The van der Waals surface area contributed by atoms with Crippen molar-refractivity contribution in [3.8, 4) is 0 Å². The number of fused-ring (bicyclic) bond motifs is 1. The van der Waals surface area contributed by atoms with Crippen molar-refractivity contribution in [1.29, 1.82) is 0 Å². The molecule has 1 aromatic rings. The Morgan fingerprint density at radius 2 is 2.09 bits per heavy atom. The number of carboxylic acid groups (broad SMARTS) is 1. The minimum Gasteiger partial charge on any atom is -0.481 e. The molecule has 2 saturated heterocycles. The van der Waals surface area contributed by atoms with Gasteiger partial charge in [0.15, 0.2) is 0 Å². The lowest BCUT2D eigenvalue weighted by molar-refractivity contribution is -0.157. The average Bonchev–Trinajstić information content (AvgIpc) is 2.95. The average molecular weight is 303 g/mol. The summed E-state index contributed by atoms with van der Waals surface area (Å²) in [6, 6.07) is 9.61. The molecular formula is C17H21NO4. The molecule has 118 valence electrons. The summed E-state index contributed by atoms with van der Waals surface area (Å²) >= 11 is 0. The normalized spacial score (nSPS) is 29.0. The fourth-order valence-electron chi connectivity index (χ4n) is 3.63. The van der Waals surface area contributed by atoms with Crippen LogP contribution in [0.3, 0.4) is 0 Å². The summed E-state index contributed by atoms with van der Waals surface area (Å²) in [4.78, 5) is 26.2. The maximum atomic E-state index is 12.7. The van der Waals surface area contributed by atoms with E-state index in [1.165, 1.54) is 0 Å². The fourth-order valence-corrected chi connectivity index (χ4v) is 3.63. The molecule has 0 bridgehead atoms. The van der Waals surface area contributed by atoms with E-state index < -0.39 is 11.4 Å². The van der Waals surface area contributed by atoms with Crippen LogP contribution in [-0.4, -0.2) is 48.2 Å². The van der Waals surface area contributed by atoms with Crippen LogP contribution in [-0.2, 0) is 14.3 Å². The number of carboxylic acids is 1. The van der Waals surface area contributed by atoms with Gasteiger partial charge in [-0.1, -0.05) is 30.3 Å². The second-order valence-electron chi connectivity index (χ2n) is 6.33. The number of aliphatic carboxylic acids is 1. The number of ether oxygens (including phenoxy) is 1. The van der Waals surface area contributed by atoms with Gasteiger partial charge in [-0.3, -0.25) is 9.59 Å². The molecule has 3 rings (SSSR count). The van der Waals surface area contributed by atoms with Crippen LogP contribution in [0.25, 0.3) is 0 Å². The molecule has 0 unspecified atom stereocenters. The fraction of sp³-hybridized carbons (Fsp3) is 0.529. The van der Waals surface area contributed by atoms with Crippen LogP contribution in [0.2, 0.25) is 0 Å². The summed E-state index contributed by atoms with van der Waals surface area (Å²) < 4.78 is 5.43. The summed E-state index contributed by atoms with van der Waals surface area (Å²) in [7, 11) is 0. The van der Waals surface area contributed by atoms with E-state index in [-0.39, 0.29) is 17.7 Å². The number of carbonyl (C=O) groups is 2. The Hall–Kier alpha value is -1.88. The van der Waals surface area contributed by atoms with Gasteiger partial charge < -0.3 is 14.7 Å². The van der Waals surface area contributed by atoms with Gasteiger partial charge in [-0.05, 0) is 18.9 Å². The lowest BCUT2D eigenvalue weighted by atomic mass is 9.74. The Bertz CT molecular complexity index is 573. The Morgan fingerprint density at radius 3 is 2.73 bits per heavy atom. The van der Waals surface area contributed by atoms with Crippen LogP contribution in [0.4, 0.5) is 0 Å². The van der Waals surface area contributed by atoms with Gasteiger partial charge in [0.05, 0.1) is 17.9 Å². The first-order valence-electron chi connectivity index (χ1n) is 7.69. The number of hydrogen-bond donors (Lipinski definition) is 1. The summed E-state index contributed by atoms with van der Waals surface area (Å²) in [5.74, 6) is -1.16. The summed E-state index contributed by atoms with van der Waals surface area (Å²) in [6.07, 6.45) is 0.483. The molecule has 0 aliphatic carbocycles. The molecule has 1 N–H and O–H groups in total. The largest absolute Gasteiger partial charge is 0.481 e. The van der Waals surface area contributed by atoms with Gasteiger partial charge in [0, 0.05) is 25.6 Å². The predicted molar refractivity (Wildman–Crippen MR) is 80.4 cm³/mol. The second kappa shape index (κ2) is 5.72. The molecule has 2 aliphatic heterocycles. The van der Waals surface area contributed by atoms with Crippen LogP contribution in [0.15, 0.2) is 30.3 Å². The molecule has 2 fully saturated rings. The first-order valence-corrected chi connectivity index (χ1v) is 7.69. The highest BCUT2D eigenvalue weighted by molar-refractivity contribution is 5.85. The molecular weight excluding hydrogens is 282 g/mol. The molecule has 0 aromatic heterocycles. The zero-order valence-electron chi connectivity index (χ0n) is 12.7. The van der Waals surface area contributed by atoms with E-state index in [9.17, 15) is 14.7 Å². The first kappa shape index (κ1) is 15.0. The van der Waals surface area contributed by atoms with Crippen molar-refractivity contribution in [3.63, 3.8) is 0 Å². The second-order valence-corrected chi connectivity index (χ2v) is 6.33. The molecule has 0 saturated carbocycles. The number of amides is 1. The molecule has 0 radical (unpaired) electrons. The van der Waals surface area contributed by atoms with Crippen molar-refractivity contribution in [2.75, 3.05) is 26.3 Å². The van der Waals surface area contributed by atoms with Gasteiger partial charge in [-0.2, -0.15) is 0 Å². The highest BCUT2D eigenvalue weighted by atomic mass is 16.5. The van der Waals surface area contributed by atoms with Crippen molar-refractivity contribution >= 4 is 11.9 Å². The lowest BCUT2D eigenvalue weighted by Gasteiger charge is -2.33. The number of carbonyl (C=O) groups excluding carboxylic acids is 1. The number of nitrogens with zero attached hydrogens (tertiary/aromatic N) is 1. The van der Waals surface area contributed by atoms with Crippen molar-refractivity contribution in [2.45, 2.75) is 19.3 Å². The molecule has 2 aliphatic rings. The zero-order chi connectivity index (χ0) is 15.7. The maximum Gasteiger partial charge on any atom is 0.311 e. The molecule has 22 heavy (non-hydrogen) atoms. The topological polar surface area (TPSA) is 66.8 Å². The number of hydrogen-bond acceptors (Lipinski definition) is 3. The molecule has 1 amide bonds. The quantitative estimate of drug-likeness (QED) is 0.923. The van der Waals surface area contributed by atoms with Crippen LogP contribution >= 0.6 is 0 Å². The Kier molecular flexibility index (Phi) is 3.91. The summed E-state index contributed by atoms with van der Waals surface area (Å²) in [6.45, 7) is 3.53. The van der Waals surface area contributed by atoms with E-state index in [0.29, 0.717) is 32.7 Å². The molecule has 0 spiro atoms. The molecule has 5 nitrogen and oxygen atoms in total. The molecule has 3 atom stereocenters. The summed E-state index contributed by atoms with van der Waals surface area (Å²) in [5, 5.41) is 9.66. The lowest BCUT2D eigenvalue weighted by Crippen LogP contribution is -2.45. The number of rotatable bonds is 3. The standard InChI is InChI=1S/C17H21NO4/c1-12(13-5-3-2-4-6-13)15(19)18-9-14-10-22-8-7-17(14,11-18)16(20)21/h2-6,12,14H,7-11H2,1H3,(H,20,21)/t12-,14-,17+/m0/s1. The SMILES string of the molecule is C[C@H](C(=O)N1C[C@H]2COCC[C@@]2(C(=O)O)C1)c1ccccc1. The third-order valence-corrected chi connectivity index (χ3v) is 5.11. The molecule has 5 heteroatoms. The van der Waals surface area contributed by atoms with Crippen molar-refractivity contribution in [2.24, 2.45) is 11.3 Å². The highest BCUT2D eigenvalue weighted by Crippen LogP contribution is 2.43. The van der Waals surface area contributed by atoms with Gasteiger partial charge in [0.25, 0.3) is 0 Å². The Morgan fingerprint density at radius 1 is 1.36 bits per heavy atom. The number of likely N-dealkylation sites (tertiary alicyclic amines) is 1. The summed E-state index contributed by atoms with van der Waals surface area (Å²) in [5.41, 5.74) is 0.132. The van der Waals surface area contributed by atoms with Crippen LogP contribution < -0.4 is 0 Å². The highest BCUT2D eigenvalue weighted by Gasteiger charge is 2.55. The minimum atomic E-state index is -0.829. The van der Waals surface area contributed by atoms with E-state index >= 15 is 0 Å². The van der Waals surface area contributed by atoms with Crippen LogP contribution in [0.1, 0.15) is 24.8 Å². The Labute approximate surface area is 129 Å². The third kappa shape index (κ3) is 2.39. The van der Waals surface area contributed by atoms with Gasteiger partial charge in [-0.15, -0.1) is 0 Å². The Balaban J connectivity index is 1.79. The predicted octanol–water partition coefficient (Wildman–Crippen LogP) is 1.74. The van der Waals surface area contributed by atoms with Gasteiger partial charge in [0.1, 0.15) is 0 Å². The first-order chi connectivity index (χ1) is 10.5. The zero-order valence-corrected chi connectivity index (χ0v) is 12.7. The van der Waals surface area contributed by atoms with Gasteiger partial charge in [0.2, 0.25) is 5.91 Å². The van der Waals surface area contributed by atoms with E-state index in [2.05, 4.69) is 0 Å². The smallest absolute Gasteiger partial charge is 0.311 e. The minimum absolute atomic E-state index is 0.00113. The van der Waals surface area contributed by atoms with Crippen molar-refractivity contribution in [1.82, 2.24) is 4.90 Å². The number of benzene rings is 1. The van der Waals surface area contributed by atoms with Crippen molar-refractivity contribution < 1.29 is 19.4 Å². The molecule has 1 aromatic carbocycles. The van der Waals surface area contributed by atoms with E-state index in [1.54, 1.807) is 4.90 Å². The van der Waals surface area contributed by atoms with Gasteiger partial charge in [-0.25, -0.2) is 0 Å². The van der Waals surface area contributed by atoms with Crippen LogP contribution in [0.5, 0.6) is 0 Å². The van der Waals surface area contributed by atoms with Crippen LogP contribution in [0, 0.1) is 11.3 Å². The van der Waals surface area contributed by atoms with E-state index in [1.807, 2.05) is 37.3 Å². The van der Waals surface area contributed by atoms with E-state index in [0.717, 1.165) is 5.56 Å². The maximum absolute atomic E-state index is 12.7. The van der Waals surface area contributed by atoms with E-state index in [4.69, 9.17) is 4.74 Å². The monoisotopic (exact) mass is 303 g/mol.